The fraction of sp³-hybridized carbons (Fsp3) is 0.469. The third-order valence-corrected chi connectivity index (χ3v) is 8.67. The Morgan fingerprint density at radius 3 is 2.63 bits per heavy atom. The molecule has 1 aliphatic heterocycles. The summed E-state index contributed by atoms with van der Waals surface area (Å²) in [5.41, 5.74) is 1.60. The van der Waals surface area contributed by atoms with Crippen molar-refractivity contribution in [2.75, 3.05) is 32.2 Å². The Balaban J connectivity index is 1.10. The molecule has 9 nitrogen and oxygen atoms in total. The number of methoxy groups -OCH3 is 1. The summed E-state index contributed by atoms with van der Waals surface area (Å²) < 4.78 is 27.8. The summed E-state index contributed by atoms with van der Waals surface area (Å²) in [6.45, 7) is 0.969. The Kier molecular flexibility index (Phi) is 10.1. The van der Waals surface area contributed by atoms with Gasteiger partial charge in [0.2, 0.25) is 0 Å². The van der Waals surface area contributed by atoms with E-state index in [0.29, 0.717) is 18.7 Å². The third kappa shape index (κ3) is 7.44. The molecule has 1 atom stereocenters. The fourth-order valence-corrected chi connectivity index (χ4v) is 6.21. The average Bonchev–Trinajstić information content (AvgIpc) is 3.61. The lowest BCUT2D eigenvalue weighted by Crippen LogP contribution is -2.37. The van der Waals surface area contributed by atoms with E-state index in [1.54, 1.807) is 11.3 Å². The molecule has 43 heavy (non-hydrogen) atoms. The number of amides is 1. The maximum absolute atomic E-state index is 15.0. The Morgan fingerprint density at radius 2 is 1.86 bits per heavy atom. The van der Waals surface area contributed by atoms with Gasteiger partial charge >= 0.3 is 5.97 Å². The topological polar surface area (TPSA) is 99.1 Å². The number of aryl methyl sites for hydroxylation is 1. The fourth-order valence-electron chi connectivity index (χ4n) is 5.97. The Bertz CT molecular complexity index is 1490. The number of carbonyl (C=O) groups excluding carboxylic acids is 3. The first-order chi connectivity index (χ1) is 20.7. The number of rotatable bonds is 11. The van der Waals surface area contributed by atoms with Crippen LogP contribution >= 0.6 is 11.6 Å². The van der Waals surface area contributed by atoms with Gasteiger partial charge in [0, 0.05) is 37.1 Å². The minimum absolute atomic E-state index is 0.0296. The predicted octanol–water partition coefficient (Wildman–Crippen LogP) is 5.48. The normalized spacial score (nSPS) is 20.8. The molecule has 1 aromatic heterocycles. The number of ketones is 1. The molecule has 2 heterocycles. The van der Waals surface area contributed by atoms with Crippen molar-refractivity contribution in [3.8, 4) is 0 Å². The smallest absolute Gasteiger partial charge is 0.308 e. The van der Waals surface area contributed by atoms with Crippen LogP contribution in [0.4, 0.5) is 10.1 Å². The number of anilines is 1. The number of fused-ring (bicyclic) bond motifs is 1. The van der Waals surface area contributed by atoms with E-state index < -0.39 is 11.7 Å². The number of halogens is 2. The molecule has 11 heteroatoms. The quantitative estimate of drug-likeness (QED) is 0.286. The number of nitrogens with zero attached hydrogens (tertiary/aromatic N) is 2. The molecule has 1 aliphatic carbocycles. The van der Waals surface area contributed by atoms with E-state index in [2.05, 4.69) is 5.32 Å². The van der Waals surface area contributed by atoms with Crippen molar-refractivity contribution in [3.05, 3.63) is 64.6 Å². The minimum atomic E-state index is -0.639. The largest absolute Gasteiger partial charge is 0.469 e. The van der Waals surface area contributed by atoms with E-state index >= 15 is 4.39 Å². The number of hydroxylamine groups is 2. The van der Waals surface area contributed by atoms with Crippen molar-refractivity contribution in [3.63, 3.8) is 0 Å². The van der Waals surface area contributed by atoms with E-state index in [-0.39, 0.29) is 59.1 Å². The molecule has 230 valence electrons. The van der Waals surface area contributed by atoms with E-state index in [9.17, 15) is 14.4 Å². The van der Waals surface area contributed by atoms with Crippen LogP contribution in [-0.4, -0.2) is 66.3 Å². The van der Waals surface area contributed by atoms with Crippen LogP contribution in [0.15, 0.2) is 42.6 Å². The standard InChI is InChI=1S/C32H37ClFN3O6/c1-36-17-26(25-7-3-4-8-30(25)36)31(39)35-29-16-28(34)21(15-27(29)33)14-23(38)19-43-37-13-5-6-22(37)18-42-24-11-9-20(10-12-24)32(40)41-2/h3-4,7-8,15-17,20,22,24H,5-6,9-14,18-19H2,1-2H3,(H,35,39)/t20?,22-,24?/m0/s1. The first-order valence-corrected chi connectivity index (χ1v) is 15.0. The van der Waals surface area contributed by atoms with Gasteiger partial charge in [0.15, 0.2) is 5.78 Å². The van der Waals surface area contributed by atoms with Gasteiger partial charge in [-0.1, -0.05) is 29.8 Å². The molecule has 1 saturated carbocycles. The van der Waals surface area contributed by atoms with Crippen molar-refractivity contribution in [2.45, 2.75) is 57.1 Å². The molecule has 2 aliphatic rings. The number of nitrogens with one attached hydrogen (secondary N) is 1. The number of hydrogen-bond donors (Lipinski definition) is 1. The average molecular weight is 614 g/mol. The highest BCUT2D eigenvalue weighted by molar-refractivity contribution is 6.34. The SMILES string of the molecule is COC(=O)C1CCC(OC[C@@H]2CCCN2OCC(=O)Cc2cc(Cl)c(NC(=O)c3cn(C)c4ccccc34)cc2F)CC1. The van der Waals surface area contributed by atoms with Crippen LogP contribution in [0.3, 0.4) is 0 Å². The Labute approximate surface area is 255 Å². The lowest BCUT2D eigenvalue weighted by atomic mass is 9.87. The van der Waals surface area contributed by atoms with Crippen molar-refractivity contribution in [1.82, 2.24) is 9.63 Å². The summed E-state index contributed by atoms with van der Waals surface area (Å²) in [6.07, 6.45) is 6.57. The number of esters is 1. The molecule has 1 N–H and O–H groups in total. The molecule has 0 spiro atoms. The van der Waals surface area contributed by atoms with Crippen LogP contribution in [0.5, 0.6) is 0 Å². The number of Topliss-reactive ketones (excluding diaryl/α,β-unsaturated/α-hetero) is 1. The lowest BCUT2D eigenvalue weighted by Gasteiger charge is -2.29. The number of carbonyl (C=O) groups is 3. The summed E-state index contributed by atoms with van der Waals surface area (Å²) in [4.78, 5) is 43.3. The van der Waals surface area contributed by atoms with Gasteiger partial charge in [-0.2, -0.15) is 5.06 Å². The summed E-state index contributed by atoms with van der Waals surface area (Å²) in [7, 11) is 3.27. The van der Waals surface area contributed by atoms with Gasteiger partial charge in [0.25, 0.3) is 5.91 Å². The van der Waals surface area contributed by atoms with Gasteiger partial charge in [-0.25, -0.2) is 4.39 Å². The van der Waals surface area contributed by atoms with Gasteiger partial charge < -0.3 is 19.4 Å². The molecule has 2 fully saturated rings. The van der Waals surface area contributed by atoms with E-state index in [1.165, 1.54) is 13.2 Å². The molecule has 0 radical (unpaired) electrons. The monoisotopic (exact) mass is 613 g/mol. The third-order valence-electron chi connectivity index (χ3n) is 8.36. The Morgan fingerprint density at radius 1 is 1.09 bits per heavy atom. The van der Waals surface area contributed by atoms with Crippen molar-refractivity contribution in [1.29, 1.82) is 0 Å². The zero-order valence-corrected chi connectivity index (χ0v) is 25.2. The van der Waals surface area contributed by atoms with Gasteiger partial charge in [-0.05, 0) is 62.3 Å². The Hall–Kier alpha value is -3.31. The highest BCUT2D eigenvalue weighted by atomic mass is 35.5. The second-order valence-electron chi connectivity index (χ2n) is 11.3. The number of aromatic nitrogens is 1. The molecule has 3 aromatic rings. The van der Waals surface area contributed by atoms with Crippen LogP contribution in [0.2, 0.25) is 5.02 Å². The molecule has 1 amide bonds. The van der Waals surface area contributed by atoms with Crippen LogP contribution in [0, 0.1) is 11.7 Å². The molecular weight excluding hydrogens is 577 g/mol. The van der Waals surface area contributed by atoms with E-state index in [1.807, 2.05) is 35.9 Å². The summed E-state index contributed by atoms with van der Waals surface area (Å²) in [5.74, 6) is -1.55. The second kappa shape index (κ2) is 14.0. The highest BCUT2D eigenvalue weighted by Crippen LogP contribution is 2.30. The predicted molar refractivity (Wildman–Crippen MR) is 160 cm³/mol. The first-order valence-electron chi connectivity index (χ1n) is 14.7. The van der Waals surface area contributed by atoms with E-state index in [0.717, 1.165) is 55.5 Å². The molecule has 0 bridgehead atoms. The van der Waals surface area contributed by atoms with Crippen molar-refractivity contribution < 1.29 is 33.1 Å². The second-order valence-corrected chi connectivity index (χ2v) is 11.7. The summed E-state index contributed by atoms with van der Waals surface area (Å²) in [6, 6.07) is 10.0. The summed E-state index contributed by atoms with van der Waals surface area (Å²) >= 11 is 6.40. The van der Waals surface area contributed by atoms with Crippen LogP contribution in [0.1, 0.15) is 54.4 Å². The minimum Gasteiger partial charge on any atom is -0.469 e. The van der Waals surface area contributed by atoms with Crippen molar-refractivity contribution in [2.24, 2.45) is 13.0 Å². The number of ether oxygens (including phenoxy) is 2. The zero-order chi connectivity index (χ0) is 30.5. The van der Waals surface area contributed by atoms with Crippen LogP contribution in [-0.2, 0) is 37.4 Å². The van der Waals surface area contributed by atoms with Gasteiger partial charge in [-0.15, -0.1) is 0 Å². The van der Waals surface area contributed by atoms with E-state index in [4.69, 9.17) is 25.9 Å². The van der Waals surface area contributed by atoms with Crippen LogP contribution in [0.25, 0.3) is 10.9 Å². The molecular formula is C32H37ClFN3O6. The van der Waals surface area contributed by atoms with Crippen molar-refractivity contribution >= 4 is 45.9 Å². The highest BCUT2D eigenvalue weighted by Gasteiger charge is 2.31. The number of para-hydroxylation sites is 1. The first kappa shape index (κ1) is 31.1. The number of hydrogen-bond acceptors (Lipinski definition) is 7. The van der Waals surface area contributed by atoms with Gasteiger partial charge in [0.05, 0.1) is 48.1 Å². The number of benzene rings is 2. The summed E-state index contributed by atoms with van der Waals surface area (Å²) in [5, 5.41) is 5.39. The molecule has 0 unspecified atom stereocenters. The van der Waals surface area contributed by atoms with Crippen LogP contribution < -0.4 is 5.32 Å². The molecule has 2 aromatic carbocycles. The zero-order valence-electron chi connectivity index (χ0n) is 24.4. The maximum atomic E-state index is 15.0. The van der Waals surface area contributed by atoms with Gasteiger partial charge in [-0.3, -0.25) is 19.2 Å². The lowest BCUT2D eigenvalue weighted by molar-refractivity contribution is -0.186. The molecule has 1 saturated heterocycles. The molecule has 5 rings (SSSR count). The maximum Gasteiger partial charge on any atom is 0.308 e. The van der Waals surface area contributed by atoms with Gasteiger partial charge in [0.1, 0.15) is 12.4 Å².